The van der Waals surface area contributed by atoms with Crippen LogP contribution in [0.3, 0.4) is 0 Å². The van der Waals surface area contributed by atoms with Gasteiger partial charge in [-0.2, -0.15) is 0 Å². The van der Waals surface area contributed by atoms with Gasteiger partial charge in [-0.05, 0) is 31.1 Å². The van der Waals surface area contributed by atoms with Crippen molar-refractivity contribution in [1.82, 2.24) is 0 Å². The van der Waals surface area contributed by atoms with Gasteiger partial charge >= 0.3 is 5.97 Å². The molecule has 5 unspecified atom stereocenters. The lowest BCUT2D eigenvalue weighted by atomic mass is 9.61. The molecule has 106 valence electrons. The van der Waals surface area contributed by atoms with Crippen LogP contribution >= 0.6 is 0 Å². The molecule has 5 atom stereocenters. The first-order valence-corrected chi connectivity index (χ1v) is 7.51. The van der Waals surface area contributed by atoms with Crippen LogP contribution in [0.4, 0.5) is 0 Å². The molecule has 0 aromatic carbocycles. The number of rotatable bonds is 2. The summed E-state index contributed by atoms with van der Waals surface area (Å²) in [7, 11) is 0. The second kappa shape index (κ2) is 3.34. The summed E-state index contributed by atoms with van der Waals surface area (Å²) in [5.41, 5.74) is -0.566. The van der Waals surface area contributed by atoms with Gasteiger partial charge < -0.3 is 14.6 Å². The molecule has 0 aromatic heterocycles. The van der Waals surface area contributed by atoms with Crippen LogP contribution in [0.25, 0.3) is 0 Å². The van der Waals surface area contributed by atoms with Crippen molar-refractivity contribution in [3.63, 3.8) is 0 Å². The van der Waals surface area contributed by atoms with Crippen LogP contribution in [0.15, 0.2) is 0 Å². The molecule has 4 aliphatic rings. The quantitative estimate of drug-likeness (QED) is 0.779. The molecule has 0 bridgehead atoms. The highest BCUT2D eigenvalue weighted by Crippen LogP contribution is 2.70. The van der Waals surface area contributed by atoms with Gasteiger partial charge in [-0.25, -0.2) is 0 Å². The zero-order valence-electron chi connectivity index (χ0n) is 11.6. The Morgan fingerprint density at radius 3 is 2.58 bits per heavy atom. The summed E-state index contributed by atoms with van der Waals surface area (Å²) < 4.78 is 12.1. The summed E-state index contributed by atoms with van der Waals surface area (Å²) in [5.74, 6) is -1.09. The van der Waals surface area contributed by atoms with Gasteiger partial charge in [-0.15, -0.1) is 0 Å². The summed E-state index contributed by atoms with van der Waals surface area (Å²) in [6.45, 7) is 4.11. The largest absolute Gasteiger partial charge is 0.481 e. The van der Waals surface area contributed by atoms with E-state index in [0.717, 1.165) is 25.7 Å². The Morgan fingerprint density at radius 2 is 1.89 bits per heavy atom. The molecule has 0 spiro atoms. The number of hydrogen-bond acceptors (Lipinski definition) is 3. The van der Waals surface area contributed by atoms with E-state index in [1.165, 1.54) is 12.8 Å². The van der Waals surface area contributed by atoms with E-state index in [-0.39, 0.29) is 28.6 Å². The Morgan fingerprint density at radius 1 is 1.11 bits per heavy atom. The van der Waals surface area contributed by atoms with Crippen LogP contribution < -0.4 is 0 Å². The molecule has 19 heavy (non-hydrogen) atoms. The minimum Gasteiger partial charge on any atom is -0.481 e. The second-order valence-electron chi connectivity index (χ2n) is 7.47. The van der Waals surface area contributed by atoms with Crippen LogP contribution in [0.1, 0.15) is 52.4 Å². The maximum Gasteiger partial charge on any atom is 0.309 e. The third-order valence-electron chi connectivity index (χ3n) is 6.09. The van der Waals surface area contributed by atoms with Gasteiger partial charge in [0.1, 0.15) is 17.3 Å². The normalized spacial score (nSPS) is 53.9. The molecule has 4 nitrogen and oxygen atoms in total. The predicted octanol–water partition coefficient (Wildman–Crippen LogP) is 2.36. The van der Waals surface area contributed by atoms with Crippen LogP contribution in [0.5, 0.6) is 0 Å². The summed E-state index contributed by atoms with van der Waals surface area (Å²) >= 11 is 0. The highest BCUT2D eigenvalue weighted by atomic mass is 16.7. The molecule has 2 aliphatic carbocycles. The molecule has 4 heteroatoms. The molecular formula is C15H22O4. The van der Waals surface area contributed by atoms with Crippen molar-refractivity contribution in [3.8, 4) is 0 Å². The van der Waals surface area contributed by atoms with Gasteiger partial charge in [0.15, 0.2) is 0 Å². The van der Waals surface area contributed by atoms with E-state index in [9.17, 15) is 9.90 Å². The molecular weight excluding hydrogens is 244 g/mol. The first kappa shape index (κ1) is 12.2. The number of epoxide rings is 2. The maximum atomic E-state index is 11.6. The first-order chi connectivity index (χ1) is 8.93. The zero-order chi connectivity index (χ0) is 13.5. The van der Waals surface area contributed by atoms with E-state index in [4.69, 9.17) is 9.47 Å². The van der Waals surface area contributed by atoms with E-state index in [1.807, 2.05) is 0 Å². The van der Waals surface area contributed by atoms with Crippen LogP contribution in [-0.4, -0.2) is 34.5 Å². The third-order valence-corrected chi connectivity index (χ3v) is 6.09. The number of carboxylic acids is 1. The van der Waals surface area contributed by atoms with Crippen molar-refractivity contribution in [2.75, 3.05) is 0 Å². The molecule has 4 rings (SSSR count). The third kappa shape index (κ3) is 1.34. The number of ether oxygens (including phenoxy) is 2. The highest BCUT2D eigenvalue weighted by Gasteiger charge is 2.83. The minimum absolute atomic E-state index is 0.125. The molecule has 2 aliphatic heterocycles. The first-order valence-electron chi connectivity index (χ1n) is 7.51. The van der Waals surface area contributed by atoms with E-state index < -0.39 is 5.97 Å². The molecule has 2 heterocycles. The topological polar surface area (TPSA) is 62.4 Å². The summed E-state index contributed by atoms with van der Waals surface area (Å²) in [5, 5.41) is 9.56. The molecule has 2 saturated carbocycles. The van der Waals surface area contributed by atoms with Gasteiger partial charge in [0.25, 0.3) is 0 Å². The van der Waals surface area contributed by atoms with E-state index in [0.29, 0.717) is 6.10 Å². The zero-order valence-corrected chi connectivity index (χ0v) is 11.6. The number of fused-ring (bicyclic) bond motifs is 3. The summed E-state index contributed by atoms with van der Waals surface area (Å²) in [4.78, 5) is 11.6. The fraction of sp³-hybridized carbons (Fsp3) is 0.933. The number of hydrogen-bond donors (Lipinski definition) is 1. The van der Waals surface area contributed by atoms with Crippen molar-refractivity contribution in [1.29, 1.82) is 0 Å². The average molecular weight is 266 g/mol. The minimum atomic E-state index is -0.707. The van der Waals surface area contributed by atoms with Crippen molar-refractivity contribution in [2.45, 2.75) is 75.8 Å². The standard InChI is InChI=1S/C15H22O4/c1-13(2)7-8-15(11(19-15)10(13)12(16)17)14-6-4-3-5-9(14)18-14/h9-11H,3-8H2,1-2H3,(H,16,17). The van der Waals surface area contributed by atoms with E-state index in [1.54, 1.807) is 0 Å². The van der Waals surface area contributed by atoms with Crippen molar-refractivity contribution in [2.24, 2.45) is 11.3 Å². The fourth-order valence-corrected chi connectivity index (χ4v) is 4.85. The van der Waals surface area contributed by atoms with E-state index in [2.05, 4.69) is 13.8 Å². The summed E-state index contributed by atoms with van der Waals surface area (Å²) in [6.07, 6.45) is 6.69. The van der Waals surface area contributed by atoms with Gasteiger partial charge in [-0.1, -0.05) is 26.7 Å². The van der Waals surface area contributed by atoms with Crippen LogP contribution in [0, 0.1) is 11.3 Å². The van der Waals surface area contributed by atoms with Crippen molar-refractivity contribution >= 4 is 5.97 Å². The molecule has 1 N–H and O–H groups in total. The Hall–Kier alpha value is -0.610. The van der Waals surface area contributed by atoms with Crippen LogP contribution in [-0.2, 0) is 14.3 Å². The fourth-order valence-electron chi connectivity index (χ4n) is 4.85. The Bertz CT molecular complexity index is 445. The number of carboxylic acid groups (broad SMARTS) is 1. The Labute approximate surface area is 113 Å². The molecule has 2 saturated heterocycles. The second-order valence-corrected chi connectivity index (χ2v) is 7.47. The summed E-state index contributed by atoms with van der Waals surface area (Å²) in [6, 6.07) is 0. The highest BCUT2D eigenvalue weighted by molar-refractivity contribution is 5.73. The predicted molar refractivity (Wildman–Crippen MR) is 67.8 cm³/mol. The van der Waals surface area contributed by atoms with Gasteiger partial charge in [0.05, 0.1) is 12.0 Å². The number of carbonyl (C=O) groups is 1. The molecule has 0 aromatic rings. The lowest BCUT2D eigenvalue weighted by Gasteiger charge is -2.38. The molecule has 4 fully saturated rings. The monoisotopic (exact) mass is 266 g/mol. The maximum absolute atomic E-state index is 11.6. The SMILES string of the molecule is CC1(C)CCC2(C34CCCCC3O4)OC2C1C(=O)O. The van der Waals surface area contributed by atoms with Gasteiger partial charge in [-0.3, -0.25) is 4.79 Å². The van der Waals surface area contributed by atoms with Crippen LogP contribution in [0.2, 0.25) is 0 Å². The lowest BCUT2D eigenvalue weighted by molar-refractivity contribution is -0.147. The van der Waals surface area contributed by atoms with E-state index >= 15 is 0 Å². The van der Waals surface area contributed by atoms with Crippen molar-refractivity contribution < 1.29 is 19.4 Å². The molecule has 0 amide bonds. The van der Waals surface area contributed by atoms with Crippen molar-refractivity contribution in [3.05, 3.63) is 0 Å². The average Bonchev–Trinajstić information content (AvgIpc) is 3.19. The van der Waals surface area contributed by atoms with Gasteiger partial charge in [0.2, 0.25) is 0 Å². The lowest BCUT2D eigenvalue weighted by Crippen LogP contribution is -2.49. The Kier molecular flexibility index (Phi) is 2.14. The van der Waals surface area contributed by atoms with Gasteiger partial charge in [0, 0.05) is 0 Å². The Balaban J connectivity index is 1.65. The smallest absolute Gasteiger partial charge is 0.309 e. The molecule has 0 radical (unpaired) electrons. The number of aliphatic carboxylic acids is 1.